The lowest BCUT2D eigenvalue weighted by atomic mass is 9.92. The average Bonchev–Trinajstić information content (AvgIpc) is 2.49. The van der Waals surface area contributed by atoms with Crippen LogP contribution in [0.15, 0.2) is 24.3 Å². The number of piperidine rings is 1. The second kappa shape index (κ2) is 8.20. The third-order valence-electron chi connectivity index (χ3n) is 3.75. The average molecular weight is 315 g/mol. The van der Waals surface area contributed by atoms with Crippen LogP contribution < -0.4 is 4.90 Å². The van der Waals surface area contributed by atoms with Crippen LogP contribution in [-0.4, -0.2) is 18.9 Å². The number of benzene rings is 1. The molecule has 0 unspecified atom stereocenters. The van der Waals surface area contributed by atoms with Crippen molar-refractivity contribution in [1.82, 2.24) is 0 Å². The summed E-state index contributed by atoms with van der Waals surface area (Å²) in [5, 5.41) is 0. The number of carbonyl (C=O) groups is 1. The van der Waals surface area contributed by atoms with Crippen molar-refractivity contribution in [2.45, 2.75) is 46.2 Å². The Hall–Kier alpha value is -1.52. The number of Topliss-reactive ketones (excluding diaryl/α,β-unsaturated/α-hetero) is 1. The molecule has 1 aliphatic rings. The smallest absolute Gasteiger partial charge is 0.372 e. The highest BCUT2D eigenvalue weighted by Gasteiger charge is 2.30. The lowest BCUT2D eigenvalue weighted by Gasteiger charge is -2.33. The predicted octanol–water partition coefficient (Wildman–Crippen LogP) is 4.93. The number of hydrogen-bond donors (Lipinski definition) is 0. The third kappa shape index (κ3) is 5.35. The van der Waals surface area contributed by atoms with Gasteiger partial charge in [0, 0.05) is 25.2 Å². The molecule has 1 aliphatic heterocycles. The van der Waals surface area contributed by atoms with Crippen LogP contribution >= 0.6 is 0 Å². The number of anilines is 1. The molecule has 0 amide bonds. The Labute approximate surface area is 130 Å². The summed E-state index contributed by atoms with van der Waals surface area (Å²) in [5.74, 6) is 0.621. The van der Waals surface area contributed by atoms with Gasteiger partial charge in [-0.15, -0.1) is 0 Å². The van der Waals surface area contributed by atoms with E-state index in [2.05, 4.69) is 4.90 Å². The lowest BCUT2D eigenvalue weighted by Crippen LogP contribution is -2.34. The van der Waals surface area contributed by atoms with Crippen LogP contribution in [0.5, 0.6) is 0 Å². The van der Waals surface area contributed by atoms with Gasteiger partial charge in [0.1, 0.15) is 5.78 Å². The zero-order chi connectivity index (χ0) is 16.8. The summed E-state index contributed by atoms with van der Waals surface area (Å²) < 4.78 is 37.5. The molecule has 0 aliphatic carbocycles. The highest BCUT2D eigenvalue weighted by Crippen LogP contribution is 2.31. The summed E-state index contributed by atoms with van der Waals surface area (Å²) in [6.07, 6.45) is -1.84. The molecule has 5 heteroatoms. The molecular weight excluding hydrogens is 291 g/mol. The van der Waals surface area contributed by atoms with Crippen LogP contribution in [0, 0.1) is 5.92 Å². The summed E-state index contributed by atoms with van der Waals surface area (Å²) in [4.78, 5) is 13.2. The van der Waals surface area contributed by atoms with Crippen LogP contribution in [0.25, 0.3) is 0 Å². The molecule has 0 saturated carbocycles. The van der Waals surface area contributed by atoms with Crippen LogP contribution in [0.2, 0.25) is 0 Å². The zero-order valence-corrected chi connectivity index (χ0v) is 13.4. The van der Waals surface area contributed by atoms with E-state index >= 15 is 0 Å². The minimum absolute atomic E-state index is 0.206. The highest BCUT2D eigenvalue weighted by atomic mass is 19.4. The summed E-state index contributed by atoms with van der Waals surface area (Å²) in [6, 6.07) is 5.29. The summed E-state index contributed by atoms with van der Waals surface area (Å²) in [6.45, 7) is 7.19. The fourth-order valence-corrected chi connectivity index (χ4v) is 2.66. The molecule has 0 aromatic heterocycles. The van der Waals surface area contributed by atoms with Crippen molar-refractivity contribution in [3.8, 4) is 0 Å². The van der Waals surface area contributed by atoms with Crippen molar-refractivity contribution in [2.75, 3.05) is 18.0 Å². The number of hydrogen-bond acceptors (Lipinski definition) is 2. The minimum atomic E-state index is -4.28. The maximum Gasteiger partial charge on any atom is 0.416 e. The molecule has 2 nitrogen and oxygen atoms in total. The summed E-state index contributed by atoms with van der Waals surface area (Å²) in [5.41, 5.74) is 0.201. The number of carbonyl (C=O) groups excluding carboxylic acids is 1. The van der Waals surface area contributed by atoms with Gasteiger partial charge >= 0.3 is 6.18 Å². The molecule has 1 fully saturated rings. The Kier molecular flexibility index (Phi) is 6.91. The molecule has 0 radical (unpaired) electrons. The van der Waals surface area contributed by atoms with E-state index in [1.165, 1.54) is 12.1 Å². The fraction of sp³-hybridized carbons (Fsp3) is 0.588. The van der Waals surface area contributed by atoms with Gasteiger partial charge in [0.25, 0.3) is 0 Å². The predicted molar refractivity (Wildman–Crippen MR) is 83.0 cm³/mol. The van der Waals surface area contributed by atoms with Crippen LogP contribution in [-0.2, 0) is 11.0 Å². The molecule has 1 heterocycles. The monoisotopic (exact) mass is 315 g/mol. The molecule has 1 saturated heterocycles. The Morgan fingerprint density at radius 3 is 2.05 bits per heavy atom. The first-order valence-corrected chi connectivity index (χ1v) is 7.78. The van der Waals surface area contributed by atoms with Crippen molar-refractivity contribution in [2.24, 2.45) is 5.92 Å². The first-order valence-electron chi connectivity index (χ1n) is 7.78. The van der Waals surface area contributed by atoms with Gasteiger partial charge in [-0.3, -0.25) is 0 Å². The Balaban J connectivity index is 0.00000116. The molecule has 1 aromatic carbocycles. The van der Waals surface area contributed by atoms with Crippen molar-refractivity contribution in [3.63, 3.8) is 0 Å². The van der Waals surface area contributed by atoms with E-state index in [-0.39, 0.29) is 5.78 Å². The van der Waals surface area contributed by atoms with Gasteiger partial charge in [0.2, 0.25) is 0 Å². The maximum absolute atomic E-state index is 12.5. The van der Waals surface area contributed by atoms with Crippen LogP contribution in [0.4, 0.5) is 18.9 Å². The van der Waals surface area contributed by atoms with E-state index in [0.29, 0.717) is 12.3 Å². The van der Waals surface area contributed by atoms with E-state index in [1.807, 2.05) is 13.8 Å². The Bertz CT molecular complexity index is 460. The Morgan fingerprint density at radius 1 is 1.14 bits per heavy atom. The quantitative estimate of drug-likeness (QED) is 0.788. The minimum Gasteiger partial charge on any atom is -0.372 e. The van der Waals surface area contributed by atoms with E-state index in [4.69, 9.17) is 0 Å². The molecule has 124 valence electrons. The molecule has 22 heavy (non-hydrogen) atoms. The van der Waals surface area contributed by atoms with E-state index in [9.17, 15) is 18.0 Å². The largest absolute Gasteiger partial charge is 0.416 e. The molecule has 0 atom stereocenters. The molecule has 0 bridgehead atoms. The first kappa shape index (κ1) is 18.5. The molecule has 1 aromatic rings. The number of halogens is 3. The van der Waals surface area contributed by atoms with Crippen molar-refractivity contribution >= 4 is 11.5 Å². The molecule has 0 spiro atoms. The van der Waals surface area contributed by atoms with Gasteiger partial charge in [0.05, 0.1) is 5.56 Å². The number of rotatable bonds is 3. The van der Waals surface area contributed by atoms with E-state index in [0.717, 1.165) is 43.8 Å². The van der Waals surface area contributed by atoms with Gasteiger partial charge in [-0.1, -0.05) is 13.8 Å². The molecule has 2 rings (SSSR count). The van der Waals surface area contributed by atoms with Gasteiger partial charge in [-0.05, 0) is 49.9 Å². The second-order valence-electron chi connectivity index (χ2n) is 5.38. The lowest BCUT2D eigenvalue weighted by molar-refractivity contribution is -0.137. The highest BCUT2D eigenvalue weighted by molar-refractivity contribution is 5.75. The standard InChI is InChI=1S/C15H18F3NO.C2H6/c1-11(20)10-12-6-8-19(9-7-12)14-4-2-13(3-5-14)15(16,17)18;1-2/h2-5,12H,6-10H2,1H3;1-2H3. The Morgan fingerprint density at radius 2 is 1.64 bits per heavy atom. The SMILES string of the molecule is CC.CC(=O)CC1CCN(c2ccc(C(F)(F)F)cc2)CC1. The summed E-state index contributed by atoms with van der Waals surface area (Å²) >= 11 is 0. The normalized spacial score (nSPS) is 16.0. The van der Waals surface area contributed by atoms with Crippen molar-refractivity contribution in [3.05, 3.63) is 29.8 Å². The topological polar surface area (TPSA) is 20.3 Å². The third-order valence-corrected chi connectivity index (χ3v) is 3.75. The summed E-state index contributed by atoms with van der Waals surface area (Å²) in [7, 11) is 0. The van der Waals surface area contributed by atoms with Gasteiger partial charge in [-0.2, -0.15) is 13.2 Å². The van der Waals surface area contributed by atoms with Crippen LogP contribution in [0.3, 0.4) is 0 Å². The number of alkyl halides is 3. The van der Waals surface area contributed by atoms with Crippen molar-refractivity contribution in [1.29, 1.82) is 0 Å². The number of nitrogens with zero attached hydrogens (tertiary/aromatic N) is 1. The van der Waals surface area contributed by atoms with Crippen LogP contribution in [0.1, 0.15) is 45.6 Å². The van der Waals surface area contributed by atoms with Gasteiger partial charge in [0.15, 0.2) is 0 Å². The fourth-order valence-electron chi connectivity index (χ4n) is 2.66. The van der Waals surface area contributed by atoms with Crippen molar-refractivity contribution < 1.29 is 18.0 Å². The molecule has 0 N–H and O–H groups in total. The van der Waals surface area contributed by atoms with Gasteiger partial charge in [-0.25, -0.2) is 0 Å². The van der Waals surface area contributed by atoms with E-state index < -0.39 is 11.7 Å². The zero-order valence-electron chi connectivity index (χ0n) is 13.4. The molecular formula is C17H24F3NO. The maximum atomic E-state index is 12.5. The number of ketones is 1. The second-order valence-corrected chi connectivity index (χ2v) is 5.38. The van der Waals surface area contributed by atoms with Gasteiger partial charge < -0.3 is 9.69 Å². The van der Waals surface area contributed by atoms with E-state index in [1.54, 1.807) is 6.92 Å². The first-order chi connectivity index (χ1) is 10.4.